The van der Waals surface area contributed by atoms with Crippen LogP contribution >= 0.6 is 11.6 Å². The van der Waals surface area contributed by atoms with Gasteiger partial charge in [-0.25, -0.2) is 4.98 Å². The summed E-state index contributed by atoms with van der Waals surface area (Å²) in [5.41, 5.74) is 7.02. The molecule has 0 atom stereocenters. The van der Waals surface area contributed by atoms with E-state index in [1.54, 1.807) is 18.3 Å². The second-order valence-corrected chi connectivity index (χ2v) is 3.42. The molecule has 0 saturated heterocycles. The van der Waals surface area contributed by atoms with Crippen LogP contribution in [0.25, 0.3) is 11.5 Å². The Morgan fingerprint density at radius 1 is 1.43 bits per heavy atom. The summed E-state index contributed by atoms with van der Waals surface area (Å²) >= 11 is 5.80. The fourth-order valence-corrected chi connectivity index (χ4v) is 1.28. The maximum atomic E-state index is 5.80. The van der Waals surface area contributed by atoms with Crippen LogP contribution in [-0.4, -0.2) is 4.98 Å². The van der Waals surface area contributed by atoms with Crippen molar-refractivity contribution in [2.45, 2.75) is 6.92 Å². The summed E-state index contributed by atoms with van der Waals surface area (Å²) in [7, 11) is 0. The van der Waals surface area contributed by atoms with Crippen molar-refractivity contribution in [3.8, 4) is 11.5 Å². The quantitative estimate of drug-likeness (QED) is 0.734. The van der Waals surface area contributed by atoms with E-state index in [4.69, 9.17) is 21.8 Å². The van der Waals surface area contributed by atoms with Gasteiger partial charge in [0, 0.05) is 5.56 Å². The first kappa shape index (κ1) is 9.09. The highest BCUT2D eigenvalue weighted by Gasteiger charge is 2.05. The number of rotatable bonds is 1. The van der Waals surface area contributed by atoms with Gasteiger partial charge in [0.15, 0.2) is 0 Å². The maximum Gasteiger partial charge on any atom is 0.226 e. The summed E-state index contributed by atoms with van der Waals surface area (Å²) < 4.78 is 5.35. The third kappa shape index (κ3) is 1.59. The van der Waals surface area contributed by atoms with E-state index in [9.17, 15) is 0 Å². The second kappa shape index (κ2) is 3.35. The topological polar surface area (TPSA) is 52.0 Å². The van der Waals surface area contributed by atoms with Gasteiger partial charge in [0.05, 0.1) is 16.9 Å². The molecular weight excluding hydrogens is 200 g/mol. The first-order valence-electron chi connectivity index (χ1n) is 4.14. The summed E-state index contributed by atoms with van der Waals surface area (Å²) in [4.78, 5) is 4.09. The van der Waals surface area contributed by atoms with E-state index in [2.05, 4.69) is 4.98 Å². The van der Waals surface area contributed by atoms with Crippen molar-refractivity contribution >= 4 is 17.3 Å². The van der Waals surface area contributed by atoms with E-state index in [0.717, 1.165) is 11.3 Å². The van der Waals surface area contributed by atoms with Crippen LogP contribution in [0.15, 0.2) is 28.8 Å². The first-order chi connectivity index (χ1) is 6.66. The average Bonchev–Trinajstić information content (AvgIpc) is 2.57. The SMILES string of the molecule is Cc1cnc(-c2ccc(Cl)c(N)c2)o1. The molecule has 1 heterocycles. The van der Waals surface area contributed by atoms with E-state index in [-0.39, 0.29) is 0 Å². The number of anilines is 1. The van der Waals surface area contributed by atoms with E-state index in [1.807, 2.05) is 13.0 Å². The lowest BCUT2D eigenvalue weighted by Gasteiger charge is -1.99. The van der Waals surface area contributed by atoms with Gasteiger partial charge in [-0.15, -0.1) is 0 Å². The Balaban J connectivity index is 2.47. The van der Waals surface area contributed by atoms with E-state index in [1.165, 1.54) is 0 Å². The molecule has 2 aromatic rings. The summed E-state index contributed by atoms with van der Waals surface area (Å²) in [6.07, 6.45) is 1.67. The Morgan fingerprint density at radius 3 is 2.79 bits per heavy atom. The predicted octanol–water partition coefficient (Wildman–Crippen LogP) is 2.89. The molecule has 0 radical (unpaired) electrons. The third-order valence-electron chi connectivity index (χ3n) is 1.86. The molecule has 0 aliphatic carbocycles. The van der Waals surface area contributed by atoms with Crippen LogP contribution in [0.4, 0.5) is 5.69 Å². The van der Waals surface area contributed by atoms with Gasteiger partial charge in [-0.3, -0.25) is 0 Å². The zero-order chi connectivity index (χ0) is 10.1. The maximum absolute atomic E-state index is 5.80. The average molecular weight is 209 g/mol. The van der Waals surface area contributed by atoms with Gasteiger partial charge in [0.2, 0.25) is 5.89 Å². The summed E-state index contributed by atoms with van der Waals surface area (Å²) in [6.45, 7) is 1.84. The van der Waals surface area contributed by atoms with Crippen molar-refractivity contribution in [1.82, 2.24) is 4.98 Å². The summed E-state index contributed by atoms with van der Waals surface area (Å²) in [5, 5.41) is 0.539. The summed E-state index contributed by atoms with van der Waals surface area (Å²) in [5.74, 6) is 1.33. The van der Waals surface area contributed by atoms with Crippen LogP contribution < -0.4 is 5.73 Å². The largest absolute Gasteiger partial charge is 0.441 e. The zero-order valence-corrected chi connectivity index (χ0v) is 8.38. The molecule has 2 N–H and O–H groups in total. The molecule has 72 valence electrons. The Hall–Kier alpha value is -1.48. The summed E-state index contributed by atoms with van der Waals surface area (Å²) in [6, 6.07) is 5.29. The molecule has 1 aromatic heterocycles. The normalized spacial score (nSPS) is 10.4. The molecular formula is C10H9ClN2O. The van der Waals surface area contributed by atoms with Crippen molar-refractivity contribution in [2.75, 3.05) is 5.73 Å². The molecule has 0 spiro atoms. The van der Waals surface area contributed by atoms with E-state index < -0.39 is 0 Å². The van der Waals surface area contributed by atoms with Gasteiger partial charge in [0.1, 0.15) is 5.76 Å². The molecule has 0 saturated carbocycles. The number of oxazole rings is 1. The molecule has 0 amide bonds. The number of benzene rings is 1. The number of hydrogen-bond donors (Lipinski definition) is 1. The third-order valence-corrected chi connectivity index (χ3v) is 2.21. The van der Waals surface area contributed by atoms with Crippen molar-refractivity contribution in [3.63, 3.8) is 0 Å². The predicted molar refractivity (Wildman–Crippen MR) is 56.1 cm³/mol. The molecule has 1 aromatic carbocycles. The monoisotopic (exact) mass is 208 g/mol. The van der Waals surface area contributed by atoms with E-state index in [0.29, 0.717) is 16.6 Å². The Morgan fingerprint density at radius 2 is 2.21 bits per heavy atom. The number of aryl methyl sites for hydroxylation is 1. The molecule has 0 fully saturated rings. The molecule has 2 rings (SSSR count). The molecule has 0 aliphatic heterocycles. The molecule has 14 heavy (non-hydrogen) atoms. The van der Waals surface area contributed by atoms with E-state index >= 15 is 0 Å². The lowest BCUT2D eigenvalue weighted by atomic mass is 10.2. The highest BCUT2D eigenvalue weighted by molar-refractivity contribution is 6.33. The highest BCUT2D eigenvalue weighted by Crippen LogP contribution is 2.26. The van der Waals surface area contributed by atoms with Gasteiger partial charge in [0.25, 0.3) is 0 Å². The van der Waals surface area contributed by atoms with Crippen LogP contribution in [-0.2, 0) is 0 Å². The van der Waals surface area contributed by atoms with Gasteiger partial charge in [-0.2, -0.15) is 0 Å². The molecule has 3 nitrogen and oxygen atoms in total. The number of nitrogens with two attached hydrogens (primary N) is 1. The highest BCUT2D eigenvalue weighted by atomic mass is 35.5. The van der Waals surface area contributed by atoms with Gasteiger partial charge >= 0.3 is 0 Å². The molecule has 4 heteroatoms. The number of hydrogen-bond acceptors (Lipinski definition) is 3. The van der Waals surface area contributed by atoms with Gasteiger partial charge < -0.3 is 10.2 Å². The van der Waals surface area contributed by atoms with Gasteiger partial charge in [-0.1, -0.05) is 11.6 Å². The Labute approximate surface area is 86.5 Å². The smallest absolute Gasteiger partial charge is 0.226 e. The Kier molecular flexibility index (Phi) is 2.17. The fourth-order valence-electron chi connectivity index (χ4n) is 1.16. The number of halogens is 1. The second-order valence-electron chi connectivity index (χ2n) is 3.01. The standard InChI is InChI=1S/C10H9ClN2O/c1-6-5-13-10(14-6)7-2-3-8(11)9(12)4-7/h2-5H,12H2,1H3. The van der Waals surface area contributed by atoms with Crippen LogP contribution in [0.3, 0.4) is 0 Å². The van der Waals surface area contributed by atoms with Crippen molar-refractivity contribution in [2.24, 2.45) is 0 Å². The minimum absolute atomic E-state index is 0.528. The minimum atomic E-state index is 0.528. The first-order valence-corrected chi connectivity index (χ1v) is 4.52. The van der Waals surface area contributed by atoms with Crippen LogP contribution in [0.5, 0.6) is 0 Å². The van der Waals surface area contributed by atoms with Crippen molar-refractivity contribution in [1.29, 1.82) is 0 Å². The van der Waals surface area contributed by atoms with Crippen molar-refractivity contribution < 1.29 is 4.42 Å². The Bertz CT molecular complexity index is 465. The lowest BCUT2D eigenvalue weighted by molar-refractivity contribution is 0.542. The van der Waals surface area contributed by atoms with Crippen LogP contribution in [0.1, 0.15) is 5.76 Å². The zero-order valence-electron chi connectivity index (χ0n) is 7.62. The van der Waals surface area contributed by atoms with Crippen molar-refractivity contribution in [3.05, 3.63) is 35.2 Å². The number of nitrogens with zero attached hydrogens (tertiary/aromatic N) is 1. The molecule has 0 unspecified atom stereocenters. The number of nitrogen functional groups attached to an aromatic ring is 1. The minimum Gasteiger partial charge on any atom is -0.441 e. The molecule has 0 bridgehead atoms. The fraction of sp³-hybridized carbons (Fsp3) is 0.100. The number of aromatic nitrogens is 1. The van der Waals surface area contributed by atoms with Crippen LogP contribution in [0.2, 0.25) is 5.02 Å². The van der Waals surface area contributed by atoms with Crippen LogP contribution in [0, 0.1) is 6.92 Å². The molecule has 0 aliphatic rings. The lowest BCUT2D eigenvalue weighted by Crippen LogP contribution is -1.87. The van der Waals surface area contributed by atoms with Gasteiger partial charge in [-0.05, 0) is 25.1 Å².